The molecular formula is C38H33F3N4O6. The number of aliphatic carboxylic acids is 1. The van der Waals surface area contributed by atoms with Crippen LogP contribution in [0.2, 0.25) is 0 Å². The second-order valence-electron chi connectivity index (χ2n) is 12.4. The third-order valence-corrected chi connectivity index (χ3v) is 8.64. The zero-order valence-corrected chi connectivity index (χ0v) is 27.6. The molecular weight excluding hydrogens is 665 g/mol. The number of methoxy groups -OCH3 is 1. The molecule has 2 N–H and O–H groups in total. The Labute approximate surface area is 290 Å². The number of carbonyl (C=O) groups is 3. The van der Waals surface area contributed by atoms with Crippen molar-refractivity contribution in [3.8, 4) is 17.1 Å². The van der Waals surface area contributed by atoms with Gasteiger partial charge in [-0.1, -0.05) is 65.3 Å². The number of halogens is 3. The van der Waals surface area contributed by atoms with Gasteiger partial charge in [-0.2, -0.15) is 18.2 Å². The summed E-state index contributed by atoms with van der Waals surface area (Å²) in [6, 6.07) is 24.5. The predicted octanol–water partition coefficient (Wildman–Crippen LogP) is 7.25. The third-order valence-electron chi connectivity index (χ3n) is 8.64. The van der Waals surface area contributed by atoms with E-state index in [0.29, 0.717) is 28.8 Å². The Kier molecular flexibility index (Phi) is 9.90. The monoisotopic (exact) mass is 698 g/mol. The van der Waals surface area contributed by atoms with Gasteiger partial charge in [-0.25, -0.2) is 0 Å². The van der Waals surface area contributed by atoms with Gasteiger partial charge in [0.2, 0.25) is 17.6 Å². The number of ether oxygens (including phenoxy) is 1. The lowest BCUT2D eigenvalue weighted by atomic mass is 10.0. The van der Waals surface area contributed by atoms with E-state index < -0.39 is 42.5 Å². The number of rotatable bonds is 12. The minimum absolute atomic E-state index is 0.00883. The number of alkyl halides is 3. The van der Waals surface area contributed by atoms with E-state index in [9.17, 15) is 32.7 Å². The van der Waals surface area contributed by atoms with Crippen LogP contribution in [0, 0.1) is 6.92 Å². The molecule has 2 unspecified atom stereocenters. The van der Waals surface area contributed by atoms with E-state index in [1.54, 1.807) is 24.3 Å². The van der Waals surface area contributed by atoms with Crippen LogP contribution < -0.4 is 10.1 Å². The minimum atomic E-state index is -4.68. The smallest absolute Gasteiger partial charge is 0.416 e. The molecule has 1 fully saturated rings. The number of hydrogen-bond donors (Lipinski definition) is 2. The van der Waals surface area contributed by atoms with E-state index in [0.717, 1.165) is 17.4 Å². The van der Waals surface area contributed by atoms with Crippen molar-refractivity contribution >= 4 is 23.5 Å². The molecule has 0 saturated heterocycles. The van der Waals surface area contributed by atoms with E-state index in [4.69, 9.17) is 9.26 Å². The first-order valence-electron chi connectivity index (χ1n) is 16.0. The number of amides is 2. The van der Waals surface area contributed by atoms with Crippen molar-refractivity contribution in [2.75, 3.05) is 19.0 Å². The van der Waals surface area contributed by atoms with Crippen LogP contribution in [0.15, 0.2) is 95.5 Å². The second kappa shape index (κ2) is 14.5. The maximum absolute atomic E-state index is 13.6. The van der Waals surface area contributed by atoms with E-state index in [-0.39, 0.29) is 35.0 Å². The topological polar surface area (TPSA) is 135 Å². The number of nitrogens with zero attached hydrogens (tertiary/aromatic N) is 3. The van der Waals surface area contributed by atoms with Crippen molar-refractivity contribution in [1.29, 1.82) is 0 Å². The summed E-state index contributed by atoms with van der Waals surface area (Å²) in [6.45, 7) is 1.47. The first-order valence-corrected chi connectivity index (χ1v) is 16.0. The highest BCUT2D eigenvalue weighted by molar-refractivity contribution is 5.97. The molecule has 0 aliphatic heterocycles. The Morgan fingerprint density at radius 1 is 0.961 bits per heavy atom. The summed E-state index contributed by atoms with van der Waals surface area (Å²) in [4.78, 5) is 43.4. The van der Waals surface area contributed by atoms with Gasteiger partial charge in [0, 0.05) is 29.3 Å². The predicted molar refractivity (Wildman–Crippen MR) is 180 cm³/mol. The number of aromatic nitrogens is 2. The molecule has 1 aliphatic rings. The van der Waals surface area contributed by atoms with E-state index in [2.05, 4.69) is 39.7 Å². The van der Waals surface area contributed by atoms with Crippen LogP contribution in [-0.2, 0) is 28.7 Å². The third kappa shape index (κ3) is 8.43. The summed E-state index contributed by atoms with van der Waals surface area (Å²) in [5.74, 6) is -0.935. The summed E-state index contributed by atoms with van der Waals surface area (Å²) in [5.41, 5.74) is 3.01. The molecule has 1 aliphatic carbocycles. The van der Waals surface area contributed by atoms with Gasteiger partial charge in [0.15, 0.2) is 0 Å². The molecule has 2 atom stereocenters. The van der Waals surface area contributed by atoms with Gasteiger partial charge >= 0.3 is 12.1 Å². The highest BCUT2D eigenvalue weighted by Gasteiger charge is 2.43. The molecule has 4 aromatic carbocycles. The first kappa shape index (κ1) is 34.9. The van der Waals surface area contributed by atoms with Crippen LogP contribution >= 0.6 is 0 Å². The van der Waals surface area contributed by atoms with Crippen LogP contribution in [0.1, 0.15) is 62.3 Å². The molecule has 2 amide bonds. The fourth-order valence-electron chi connectivity index (χ4n) is 5.85. The maximum atomic E-state index is 13.6. The SMILES string of the molecule is COc1ccc(CC(=O)Nc2ccc(C(=O)N(CC(=O)O)Cc3ccc(-c4noc(C5CC5c5ccc(C)cc5)n4)cc3)cc2)c(C(F)(F)F)c1. The highest BCUT2D eigenvalue weighted by Crippen LogP contribution is 2.54. The molecule has 51 heavy (non-hydrogen) atoms. The number of nitrogens with one attached hydrogen (secondary N) is 1. The Hall–Kier alpha value is -5.98. The molecule has 5 aromatic rings. The van der Waals surface area contributed by atoms with E-state index in [1.165, 1.54) is 54.6 Å². The van der Waals surface area contributed by atoms with Crippen LogP contribution in [0.25, 0.3) is 11.4 Å². The van der Waals surface area contributed by atoms with Crippen LogP contribution in [-0.4, -0.2) is 51.6 Å². The summed E-state index contributed by atoms with van der Waals surface area (Å²) in [5, 5.41) is 16.2. The average Bonchev–Trinajstić information content (AvgIpc) is 3.75. The van der Waals surface area contributed by atoms with Gasteiger partial charge in [0.05, 0.1) is 19.1 Å². The number of anilines is 1. The van der Waals surface area contributed by atoms with Crippen molar-refractivity contribution < 1.29 is 41.9 Å². The van der Waals surface area contributed by atoms with Gasteiger partial charge in [-0.3, -0.25) is 14.4 Å². The lowest BCUT2D eigenvalue weighted by Gasteiger charge is -2.21. The van der Waals surface area contributed by atoms with Gasteiger partial charge in [0.25, 0.3) is 5.91 Å². The number of hydrogen-bond acceptors (Lipinski definition) is 7. The lowest BCUT2D eigenvalue weighted by Crippen LogP contribution is -2.35. The lowest BCUT2D eigenvalue weighted by molar-refractivity contribution is -0.139. The zero-order chi connectivity index (χ0) is 36.3. The van der Waals surface area contributed by atoms with Crippen LogP contribution in [0.5, 0.6) is 5.75 Å². The minimum Gasteiger partial charge on any atom is -0.497 e. The van der Waals surface area contributed by atoms with Gasteiger partial charge in [0.1, 0.15) is 12.3 Å². The number of carbonyl (C=O) groups excluding carboxylic acids is 2. The van der Waals surface area contributed by atoms with Crippen molar-refractivity contribution in [2.45, 2.75) is 44.3 Å². The van der Waals surface area contributed by atoms with Crippen LogP contribution in [0.4, 0.5) is 18.9 Å². The maximum Gasteiger partial charge on any atom is 0.416 e. The molecule has 262 valence electrons. The quantitative estimate of drug-likeness (QED) is 0.139. The van der Waals surface area contributed by atoms with Crippen molar-refractivity contribution in [2.24, 2.45) is 0 Å². The Balaban J connectivity index is 1.07. The number of carboxylic acid groups (broad SMARTS) is 1. The summed E-state index contributed by atoms with van der Waals surface area (Å²) < 4.78 is 51.1. The zero-order valence-electron chi connectivity index (χ0n) is 27.6. The second-order valence-corrected chi connectivity index (χ2v) is 12.4. The number of benzene rings is 4. The van der Waals surface area contributed by atoms with Gasteiger partial charge < -0.3 is 24.6 Å². The molecule has 6 rings (SSSR count). The Morgan fingerprint density at radius 2 is 1.67 bits per heavy atom. The molecule has 1 heterocycles. The fourth-order valence-corrected chi connectivity index (χ4v) is 5.85. The highest BCUT2D eigenvalue weighted by atomic mass is 19.4. The van der Waals surface area contributed by atoms with E-state index in [1.807, 2.05) is 6.92 Å². The average molecular weight is 699 g/mol. The molecule has 13 heteroatoms. The molecule has 0 spiro atoms. The van der Waals surface area contributed by atoms with Gasteiger partial charge in [-0.15, -0.1) is 0 Å². The Morgan fingerprint density at radius 3 is 2.31 bits per heavy atom. The van der Waals surface area contributed by atoms with E-state index >= 15 is 0 Å². The first-order chi connectivity index (χ1) is 24.4. The molecule has 0 radical (unpaired) electrons. The van der Waals surface area contributed by atoms with Crippen molar-refractivity contribution in [3.05, 3.63) is 130 Å². The number of aryl methyl sites for hydroxylation is 1. The van der Waals surface area contributed by atoms with Crippen molar-refractivity contribution in [3.63, 3.8) is 0 Å². The summed E-state index contributed by atoms with van der Waals surface area (Å²) in [6.07, 6.45) is -4.30. The fraction of sp³-hybridized carbons (Fsp3) is 0.237. The van der Waals surface area contributed by atoms with Crippen LogP contribution in [0.3, 0.4) is 0 Å². The summed E-state index contributed by atoms with van der Waals surface area (Å²) >= 11 is 0. The molecule has 1 saturated carbocycles. The molecule has 10 nitrogen and oxygen atoms in total. The molecule has 1 aromatic heterocycles. The van der Waals surface area contributed by atoms with Crippen molar-refractivity contribution in [1.82, 2.24) is 15.0 Å². The standard InChI is InChI=1S/C38H33F3N4O6/c1-22-3-7-24(8-4-22)30-19-31(30)36-43-35(44-51-36)25-9-5-23(6-10-25)20-45(21-34(47)48)37(49)26-11-14-28(15-12-26)42-33(46)17-27-13-16-29(50-2)18-32(27)38(39,40)41/h3-16,18,30-31H,17,19-21H2,1-2H3,(H,42,46)(H,47,48). The largest absolute Gasteiger partial charge is 0.497 e. The number of carboxylic acids is 1. The normalized spacial score (nSPS) is 15.2. The summed E-state index contributed by atoms with van der Waals surface area (Å²) in [7, 11) is 1.25. The molecule has 0 bridgehead atoms. The van der Waals surface area contributed by atoms with Gasteiger partial charge in [-0.05, 0) is 72.4 Å². The Bertz CT molecular complexity index is 2040.